The summed E-state index contributed by atoms with van der Waals surface area (Å²) in [5.41, 5.74) is 5.46. The third kappa shape index (κ3) is 2.96. The van der Waals surface area contributed by atoms with Gasteiger partial charge in [0, 0.05) is 12.6 Å². The van der Waals surface area contributed by atoms with Gasteiger partial charge >= 0.3 is 5.97 Å². The van der Waals surface area contributed by atoms with Crippen molar-refractivity contribution in [3.8, 4) is 0 Å². The molecule has 0 aromatic rings. The lowest BCUT2D eigenvalue weighted by molar-refractivity contribution is -0.138. The summed E-state index contributed by atoms with van der Waals surface area (Å²) in [6.07, 6.45) is 4.20. The largest absolute Gasteiger partial charge is 0.480 e. The number of rotatable bonds is 5. The lowest BCUT2D eigenvalue weighted by Crippen LogP contribution is -2.37. The van der Waals surface area contributed by atoms with E-state index in [2.05, 4.69) is 11.8 Å². The van der Waals surface area contributed by atoms with Gasteiger partial charge < -0.3 is 15.7 Å². The van der Waals surface area contributed by atoms with E-state index in [0.29, 0.717) is 12.5 Å². The van der Waals surface area contributed by atoms with Gasteiger partial charge in [0.2, 0.25) is 0 Å². The van der Waals surface area contributed by atoms with Gasteiger partial charge in [0.25, 0.3) is 0 Å². The highest BCUT2D eigenvalue weighted by molar-refractivity contribution is 5.72. The molecule has 1 aliphatic heterocycles. The van der Waals surface area contributed by atoms with E-state index in [-0.39, 0.29) is 0 Å². The third-order valence-electron chi connectivity index (χ3n) is 3.01. The molecule has 0 saturated carbocycles. The van der Waals surface area contributed by atoms with Gasteiger partial charge in [-0.3, -0.25) is 4.79 Å². The molecule has 3 N–H and O–H groups in total. The first-order valence-electron chi connectivity index (χ1n) is 5.37. The monoisotopic (exact) mass is 200 g/mol. The summed E-state index contributed by atoms with van der Waals surface area (Å²) in [6, 6.07) is -0.0518. The average Bonchev–Trinajstić information content (AvgIpc) is 2.60. The number of nitrogens with two attached hydrogens (primary N) is 1. The highest BCUT2D eigenvalue weighted by atomic mass is 16.4. The molecule has 4 nitrogen and oxygen atoms in total. The van der Waals surface area contributed by atoms with E-state index in [9.17, 15) is 4.79 Å². The van der Waals surface area contributed by atoms with Crippen LogP contribution in [-0.2, 0) is 4.79 Å². The molecule has 1 heterocycles. The van der Waals surface area contributed by atoms with Crippen molar-refractivity contribution in [3.63, 3.8) is 0 Å². The lowest BCUT2D eigenvalue weighted by atomic mass is 10.1. The van der Waals surface area contributed by atoms with E-state index in [1.54, 1.807) is 0 Å². The van der Waals surface area contributed by atoms with Gasteiger partial charge in [-0.1, -0.05) is 6.92 Å². The Balaban J connectivity index is 2.26. The molecule has 82 valence electrons. The smallest absolute Gasteiger partial charge is 0.320 e. The average molecular weight is 200 g/mol. The molecule has 2 unspecified atom stereocenters. The Morgan fingerprint density at radius 2 is 2.43 bits per heavy atom. The molecule has 0 radical (unpaired) electrons. The van der Waals surface area contributed by atoms with Crippen LogP contribution >= 0.6 is 0 Å². The minimum Gasteiger partial charge on any atom is -0.480 e. The molecule has 0 aromatic carbocycles. The van der Waals surface area contributed by atoms with Crippen LogP contribution in [0.1, 0.15) is 32.6 Å². The van der Waals surface area contributed by atoms with Crippen LogP contribution in [0.5, 0.6) is 0 Å². The number of likely N-dealkylation sites (tertiary alicyclic amines) is 1. The molecular formula is C10H20N2O2. The van der Waals surface area contributed by atoms with Crippen molar-refractivity contribution in [1.82, 2.24) is 4.90 Å². The number of carboxylic acid groups (broad SMARTS) is 1. The van der Waals surface area contributed by atoms with E-state index in [4.69, 9.17) is 10.8 Å². The second kappa shape index (κ2) is 5.32. The molecule has 1 fully saturated rings. The molecule has 1 saturated heterocycles. The Kier molecular flexibility index (Phi) is 4.35. The summed E-state index contributed by atoms with van der Waals surface area (Å²) in [6.45, 7) is 4.11. The van der Waals surface area contributed by atoms with Crippen molar-refractivity contribution < 1.29 is 9.90 Å². The number of hydrogen-bond acceptors (Lipinski definition) is 3. The van der Waals surface area contributed by atoms with Crippen molar-refractivity contribution >= 4 is 5.97 Å². The van der Waals surface area contributed by atoms with Crippen molar-refractivity contribution in [2.24, 2.45) is 5.73 Å². The molecular weight excluding hydrogens is 180 g/mol. The third-order valence-corrected chi connectivity index (χ3v) is 3.01. The highest BCUT2D eigenvalue weighted by Crippen LogP contribution is 2.19. The summed E-state index contributed by atoms with van der Waals surface area (Å²) in [4.78, 5) is 12.9. The summed E-state index contributed by atoms with van der Waals surface area (Å²) in [7, 11) is 0. The summed E-state index contributed by atoms with van der Waals surface area (Å²) < 4.78 is 0. The normalized spacial score (nSPS) is 25.1. The standard InChI is InChI=1S/C10H20N2O2/c1-2-8-4-3-6-12(8)7-5-9(11)10(13)14/h8-9H,2-7,11H2,1H3,(H,13,14). The van der Waals surface area contributed by atoms with Gasteiger partial charge in [0.05, 0.1) is 0 Å². The molecule has 4 heteroatoms. The van der Waals surface area contributed by atoms with Gasteiger partial charge in [0.15, 0.2) is 0 Å². The molecule has 1 aliphatic rings. The fourth-order valence-corrected chi connectivity index (χ4v) is 2.08. The van der Waals surface area contributed by atoms with E-state index in [1.807, 2.05) is 0 Å². The summed E-state index contributed by atoms with van der Waals surface area (Å²) >= 11 is 0. The second-order valence-electron chi connectivity index (χ2n) is 3.97. The molecule has 0 spiro atoms. The van der Waals surface area contributed by atoms with Crippen LogP contribution in [0.25, 0.3) is 0 Å². The first-order chi connectivity index (χ1) is 6.65. The fourth-order valence-electron chi connectivity index (χ4n) is 2.08. The Labute approximate surface area is 85.1 Å². The zero-order valence-electron chi connectivity index (χ0n) is 8.78. The van der Waals surface area contributed by atoms with E-state index >= 15 is 0 Å². The van der Waals surface area contributed by atoms with E-state index in [1.165, 1.54) is 12.8 Å². The topological polar surface area (TPSA) is 66.6 Å². The molecule has 1 rings (SSSR count). The Morgan fingerprint density at radius 3 is 3.00 bits per heavy atom. The van der Waals surface area contributed by atoms with Gasteiger partial charge in [0.1, 0.15) is 6.04 Å². The van der Waals surface area contributed by atoms with E-state index < -0.39 is 12.0 Å². The van der Waals surface area contributed by atoms with Crippen LogP contribution in [0.4, 0.5) is 0 Å². The van der Waals surface area contributed by atoms with Crippen LogP contribution in [0.15, 0.2) is 0 Å². The second-order valence-corrected chi connectivity index (χ2v) is 3.97. The Morgan fingerprint density at radius 1 is 1.71 bits per heavy atom. The fraction of sp³-hybridized carbons (Fsp3) is 0.900. The molecule has 14 heavy (non-hydrogen) atoms. The number of aliphatic carboxylic acids is 1. The number of hydrogen-bond donors (Lipinski definition) is 2. The highest BCUT2D eigenvalue weighted by Gasteiger charge is 2.23. The molecule has 0 bridgehead atoms. The zero-order chi connectivity index (χ0) is 10.6. The van der Waals surface area contributed by atoms with Gasteiger partial charge in [-0.05, 0) is 32.2 Å². The molecule has 2 atom stereocenters. The quantitative estimate of drug-likeness (QED) is 0.684. The first kappa shape index (κ1) is 11.5. The maximum absolute atomic E-state index is 10.5. The van der Waals surface area contributed by atoms with Gasteiger partial charge in [-0.15, -0.1) is 0 Å². The van der Waals surface area contributed by atoms with Crippen LogP contribution in [0.3, 0.4) is 0 Å². The number of nitrogens with zero attached hydrogens (tertiary/aromatic N) is 1. The summed E-state index contributed by atoms with van der Waals surface area (Å²) in [5, 5.41) is 8.64. The SMILES string of the molecule is CCC1CCCN1CCC(N)C(=O)O. The molecule has 0 aliphatic carbocycles. The van der Waals surface area contributed by atoms with Crippen LogP contribution in [0, 0.1) is 0 Å². The predicted octanol–water partition coefficient (Wildman–Crippen LogP) is 0.663. The lowest BCUT2D eigenvalue weighted by Gasteiger charge is -2.23. The van der Waals surface area contributed by atoms with Crippen LogP contribution < -0.4 is 5.73 Å². The van der Waals surface area contributed by atoms with Crippen LogP contribution in [0.2, 0.25) is 0 Å². The maximum atomic E-state index is 10.5. The molecule has 0 aromatic heterocycles. The van der Waals surface area contributed by atoms with Gasteiger partial charge in [-0.2, -0.15) is 0 Å². The maximum Gasteiger partial charge on any atom is 0.320 e. The number of carbonyl (C=O) groups is 1. The minimum absolute atomic E-state index is 0.561. The number of carboxylic acids is 1. The van der Waals surface area contributed by atoms with E-state index in [0.717, 1.165) is 19.5 Å². The van der Waals surface area contributed by atoms with Crippen LogP contribution in [-0.4, -0.2) is 41.1 Å². The van der Waals surface area contributed by atoms with Gasteiger partial charge in [-0.25, -0.2) is 0 Å². The minimum atomic E-state index is -0.891. The molecule has 0 amide bonds. The summed E-state index contributed by atoms with van der Waals surface area (Å²) in [5.74, 6) is -0.891. The van der Waals surface area contributed by atoms with Crippen molar-refractivity contribution in [3.05, 3.63) is 0 Å². The predicted molar refractivity (Wildman–Crippen MR) is 55.1 cm³/mol. The van der Waals surface area contributed by atoms with Crippen molar-refractivity contribution in [2.45, 2.75) is 44.7 Å². The van der Waals surface area contributed by atoms with Crippen molar-refractivity contribution in [1.29, 1.82) is 0 Å². The first-order valence-corrected chi connectivity index (χ1v) is 5.37. The Bertz CT molecular complexity index is 197. The zero-order valence-corrected chi connectivity index (χ0v) is 8.78. The van der Waals surface area contributed by atoms with Crippen molar-refractivity contribution in [2.75, 3.05) is 13.1 Å². The Hall–Kier alpha value is -0.610.